The van der Waals surface area contributed by atoms with Crippen molar-refractivity contribution < 1.29 is 14.3 Å². The van der Waals surface area contributed by atoms with Crippen LogP contribution in [0, 0.1) is 0 Å². The number of fused-ring (bicyclic) bond motifs is 1. The Morgan fingerprint density at radius 2 is 1.85 bits per heavy atom. The summed E-state index contributed by atoms with van der Waals surface area (Å²) >= 11 is 3.07. The minimum absolute atomic E-state index is 0.0970. The maximum absolute atomic E-state index is 12.6. The van der Waals surface area contributed by atoms with Crippen LogP contribution in [-0.2, 0) is 0 Å². The molecule has 0 aliphatic carbocycles. The van der Waals surface area contributed by atoms with E-state index in [2.05, 4.69) is 5.32 Å². The number of carbonyl (C=O) groups excluding carboxylic acids is 1. The number of hydrogen-bond acceptors (Lipinski definition) is 5. The third-order valence-electron chi connectivity index (χ3n) is 4.01. The van der Waals surface area contributed by atoms with Gasteiger partial charge in [-0.1, -0.05) is 12.1 Å². The van der Waals surface area contributed by atoms with E-state index in [-0.39, 0.29) is 5.91 Å². The lowest BCUT2D eigenvalue weighted by atomic mass is 10.1. The summed E-state index contributed by atoms with van der Waals surface area (Å²) in [4.78, 5) is 15.3. The first kappa shape index (κ1) is 17.0. The molecule has 0 bridgehead atoms. The van der Waals surface area contributed by atoms with Gasteiger partial charge in [0.15, 0.2) is 11.5 Å². The monoisotopic (exact) mass is 383 g/mol. The minimum atomic E-state index is -0.0970. The fraction of sp³-hybridized carbons (Fsp3) is 0.150. The number of rotatable bonds is 4. The van der Waals surface area contributed by atoms with Crippen LogP contribution >= 0.6 is 23.1 Å². The molecule has 26 heavy (non-hydrogen) atoms. The van der Waals surface area contributed by atoms with Crippen molar-refractivity contribution in [2.24, 2.45) is 0 Å². The number of thioether (sulfide) groups is 1. The van der Waals surface area contributed by atoms with Crippen LogP contribution in [0.4, 0.5) is 5.69 Å². The average molecular weight is 383 g/mol. The number of thiophene rings is 1. The Labute approximate surface area is 160 Å². The van der Waals surface area contributed by atoms with Crippen molar-refractivity contribution in [3.8, 4) is 21.9 Å². The van der Waals surface area contributed by atoms with Crippen molar-refractivity contribution in [2.45, 2.75) is 4.90 Å². The number of para-hydroxylation sites is 1. The van der Waals surface area contributed by atoms with Crippen molar-refractivity contribution in [3.05, 3.63) is 59.5 Å². The average Bonchev–Trinajstić information content (AvgIpc) is 3.18. The summed E-state index contributed by atoms with van der Waals surface area (Å²) in [5, 5.41) is 3.00. The Morgan fingerprint density at radius 3 is 2.69 bits per heavy atom. The first-order valence-corrected chi connectivity index (χ1v) is 10.2. The summed E-state index contributed by atoms with van der Waals surface area (Å²) in [5.41, 5.74) is 1.85. The number of nitrogens with one attached hydrogen (secondary N) is 1. The second-order valence-electron chi connectivity index (χ2n) is 5.68. The van der Waals surface area contributed by atoms with Crippen LogP contribution in [0.3, 0.4) is 0 Å². The number of anilines is 1. The molecule has 3 aromatic rings. The molecule has 1 amide bonds. The van der Waals surface area contributed by atoms with Gasteiger partial charge in [0.05, 0.1) is 10.6 Å². The van der Waals surface area contributed by atoms with Gasteiger partial charge in [-0.3, -0.25) is 4.79 Å². The van der Waals surface area contributed by atoms with Gasteiger partial charge in [0.1, 0.15) is 13.2 Å². The molecule has 0 unspecified atom stereocenters. The summed E-state index contributed by atoms with van der Waals surface area (Å²) in [7, 11) is 0. The zero-order valence-corrected chi connectivity index (χ0v) is 15.8. The van der Waals surface area contributed by atoms with Crippen molar-refractivity contribution in [1.29, 1.82) is 0 Å². The van der Waals surface area contributed by atoms with E-state index in [1.165, 1.54) is 11.3 Å². The summed E-state index contributed by atoms with van der Waals surface area (Å²) in [6.07, 6.45) is 2.00. The lowest BCUT2D eigenvalue weighted by Crippen LogP contribution is -2.15. The predicted molar refractivity (Wildman–Crippen MR) is 107 cm³/mol. The molecule has 132 valence electrons. The van der Waals surface area contributed by atoms with E-state index in [0.29, 0.717) is 18.1 Å². The first-order chi connectivity index (χ1) is 12.7. The minimum Gasteiger partial charge on any atom is -0.486 e. The van der Waals surface area contributed by atoms with E-state index < -0.39 is 0 Å². The summed E-state index contributed by atoms with van der Waals surface area (Å²) < 4.78 is 11.2. The molecular formula is C20H17NO3S2. The van der Waals surface area contributed by atoms with E-state index >= 15 is 0 Å². The molecular weight excluding hydrogens is 366 g/mol. The smallest absolute Gasteiger partial charge is 0.265 e. The van der Waals surface area contributed by atoms with E-state index in [4.69, 9.17) is 9.47 Å². The molecule has 2 aromatic carbocycles. The van der Waals surface area contributed by atoms with Gasteiger partial charge in [0, 0.05) is 9.77 Å². The van der Waals surface area contributed by atoms with Crippen LogP contribution in [0.1, 0.15) is 9.67 Å². The molecule has 2 heterocycles. The summed E-state index contributed by atoms with van der Waals surface area (Å²) in [6.45, 7) is 1.14. The van der Waals surface area contributed by atoms with Gasteiger partial charge in [-0.05, 0) is 54.3 Å². The van der Waals surface area contributed by atoms with Gasteiger partial charge in [0.2, 0.25) is 0 Å². The molecule has 4 rings (SSSR count). The molecule has 0 atom stereocenters. The maximum Gasteiger partial charge on any atom is 0.265 e. The Hall–Kier alpha value is -2.44. The molecule has 6 heteroatoms. The third kappa shape index (κ3) is 3.43. The second-order valence-corrected chi connectivity index (χ2v) is 7.61. The van der Waals surface area contributed by atoms with Crippen LogP contribution in [0.2, 0.25) is 0 Å². The zero-order chi connectivity index (χ0) is 17.9. The molecule has 1 aromatic heterocycles. The van der Waals surface area contributed by atoms with Crippen LogP contribution in [0.5, 0.6) is 11.5 Å². The Bertz CT molecular complexity index is 952. The normalized spacial score (nSPS) is 12.7. The Morgan fingerprint density at radius 1 is 1.04 bits per heavy atom. The maximum atomic E-state index is 12.6. The van der Waals surface area contributed by atoms with Crippen molar-refractivity contribution in [2.75, 3.05) is 24.8 Å². The molecule has 0 spiro atoms. The molecule has 0 saturated carbocycles. The number of ether oxygens (including phenoxy) is 2. The lowest BCUT2D eigenvalue weighted by molar-refractivity contribution is 0.103. The van der Waals surface area contributed by atoms with Gasteiger partial charge >= 0.3 is 0 Å². The molecule has 1 N–H and O–H groups in total. The Kier molecular flexibility index (Phi) is 4.86. The van der Waals surface area contributed by atoms with E-state index in [9.17, 15) is 4.79 Å². The van der Waals surface area contributed by atoms with E-state index in [1.807, 2.05) is 60.9 Å². The lowest BCUT2D eigenvalue weighted by Gasteiger charge is -2.18. The highest BCUT2D eigenvalue weighted by molar-refractivity contribution is 7.98. The van der Waals surface area contributed by atoms with Crippen LogP contribution in [0.15, 0.2) is 59.5 Å². The standard InChI is InChI=1S/C20H17NO3S2/c1-25-18-5-3-2-4-14(18)21-20(22)19-9-8-17(26-19)13-6-7-15-16(12-13)24-11-10-23-15/h2-9,12H,10-11H2,1H3,(H,21,22). The first-order valence-electron chi connectivity index (χ1n) is 8.19. The highest BCUT2D eigenvalue weighted by Crippen LogP contribution is 2.37. The largest absolute Gasteiger partial charge is 0.486 e. The molecule has 1 aliphatic rings. The second kappa shape index (κ2) is 7.43. The Balaban J connectivity index is 1.55. The van der Waals surface area contributed by atoms with Gasteiger partial charge in [-0.25, -0.2) is 0 Å². The number of benzene rings is 2. The fourth-order valence-electron chi connectivity index (χ4n) is 2.74. The zero-order valence-electron chi connectivity index (χ0n) is 14.2. The number of hydrogen-bond donors (Lipinski definition) is 1. The number of carbonyl (C=O) groups is 1. The van der Waals surface area contributed by atoms with Gasteiger partial charge in [-0.2, -0.15) is 0 Å². The van der Waals surface area contributed by atoms with Crippen molar-refractivity contribution in [3.63, 3.8) is 0 Å². The van der Waals surface area contributed by atoms with E-state index in [0.717, 1.165) is 32.5 Å². The molecule has 1 aliphatic heterocycles. The van der Waals surface area contributed by atoms with Crippen LogP contribution in [0.25, 0.3) is 10.4 Å². The predicted octanol–water partition coefficient (Wildman–Crippen LogP) is 5.16. The summed E-state index contributed by atoms with van der Waals surface area (Å²) in [6, 6.07) is 17.5. The number of amides is 1. The third-order valence-corrected chi connectivity index (χ3v) is 5.94. The van der Waals surface area contributed by atoms with Crippen LogP contribution < -0.4 is 14.8 Å². The highest BCUT2D eigenvalue weighted by Gasteiger charge is 2.15. The molecule has 0 radical (unpaired) electrons. The van der Waals surface area contributed by atoms with Crippen molar-refractivity contribution >= 4 is 34.7 Å². The molecule has 0 saturated heterocycles. The molecule has 4 nitrogen and oxygen atoms in total. The summed E-state index contributed by atoms with van der Waals surface area (Å²) in [5.74, 6) is 1.42. The van der Waals surface area contributed by atoms with Crippen LogP contribution in [-0.4, -0.2) is 25.4 Å². The van der Waals surface area contributed by atoms with Gasteiger partial charge in [0.25, 0.3) is 5.91 Å². The molecule has 0 fully saturated rings. The van der Waals surface area contributed by atoms with Gasteiger partial charge in [-0.15, -0.1) is 23.1 Å². The fourth-order valence-corrected chi connectivity index (χ4v) is 4.19. The SMILES string of the molecule is CSc1ccccc1NC(=O)c1ccc(-c2ccc3c(c2)OCCO3)s1. The van der Waals surface area contributed by atoms with E-state index in [1.54, 1.807) is 11.8 Å². The topological polar surface area (TPSA) is 47.6 Å². The quantitative estimate of drug-likeness (QED) is 0.632. The highest BCUT2D eigenvalue weighted by atomic mass is 32.2. The van der Waals surface area contributed by atoms with Gasteiger partial charge < -0.3 is 14.8 Å². The van der Waals surface area contributed by atoms with Crippen molar-refractivity contribution in [1.82, 2.24) is 0 Å².